The van der Waals surface area contributed by atoms with E-state index in [-0.39, 0.29) is 16.1 Å². The Morgan fingerprint density at radius 3 is 2.28 bits per heavy atom. The van der Waals surface area contributed by atoms with Crippen molar-refractivity contribution in [2.75, 3.05) is 11.6 Å². The third-order valence-electron chi connectivity index (χ3n) is 3.97. The van der Waals surface area contributed by atoms with Crippen LogP contribution < -0.4 is 5.32 Å². The number of aromatic nitrogens is 1. The summed E-state index contributed by atoms with van der Waals surface area (Å²) < 4.78 is 25.5. The quantitative estimate of drug-likeness (QED) is 0.848. The molecule has 2 rings (SSSR count). The predicted molar refractivity (Wildman–Crippen MR) is 94.0 cm³/mol. The molecule has 0 atom stereocenters. The van der Waals surface area contributed by atoms with Crippen LogP contribution in [0.3, 0.4) is 0 Å². The van der Waals surface area contributed by atoms with Gasteiger partial charge in [0.25, 0.3) is 5.91 Å². The Bertz CT molecular complexity index is 958. The minimum Gasteiger partial charge on any atom is -0.478 e. The van der Waals surface area contributed by atoms with E-state index in [1.165, 1.54) is 12.1 Å². The van der Waals surface area contributed by atoms with Gasteiger partial charge in [0.15, 0.2) is 9.84 Å². The molecule has 2 N–H and O–H groups in total. The fourth-order valence-electron chi connectivity index (χ4n) is 2.72. The molecule has 2 aromatic rings. The number of nitrogens with zero attached hydrogens (tertiary/aromatic N) is 1. The fourth-order valence-corrected chi connectivity index (χ4v) is 3.41. The van der Waals surface area contributed by atoms with Crippen LogP contribution in [0.1, 0.15) is 39.0 Å². The highest BCUT2D eigenvalue weighted by atomic mass is 32.2. The van der Waals surface area contributed by atoms with E-state index < -0.39 is 21.7 Å². The number of carbonyl (C=O) groups is 2. The van der Waals surface area contributed by atoms with E-state index in [1.54, 1.807) is 6.07 Å². The number of amides is 1. The highest BCUT2D eigenvalue weighted by Gasteiger charge is 2.18. The second kappa shape index (κ2) is 6.72. The summed E-state index contributed by atoms with van der Waals surface area (Å²) in [7, 11) is -3.62. The maximum atomic E-state index is 12.5. The van der Waals surface area contributed by atoms with E-state index in [0.717, 1.165) is 30.3 Å². The number of carbonyl (C=O) groups excluding carboxylic acids is 1. The van der Waals surface area contributed by atoms with Crippen LogP contribution in [0.4, 0.5) is 5.69 Å². The zero-order valence-electron chi connectivity index (χ0n) is 14.5. The molecule has 0 saturated carbocycles. The first-order valence-electron chi connectivity index (χ1n) is 7.61. The number of anilines is 1. The molecule has 1 amide bonds. The van der Waals surface area contributed by atoms with Crippen molar-refractivity contribution < 1.29 is 23.1 Å². The van der Waals surface area contributed by atoms with Crippen molar-refractivity contribution in [3.63, 3.8) is 0 Å². The Hall–Kier alpha value is -2.61. The minimum absolute atomic E-state index is 0.117. The van der Waals surface area contributed by atoms with Crippen molar-refractivity contribution in [3.8, 4) is 0 Å². The topological polar surface area (TPSA) is 105 Å². The molecule has 0 aliphatic heterocycles. The van der Waals surface area contributed by atoms with Gasteiger partial charge in [0.1, 0.15) is 0 Å². The number of benzene rings is 1. The van der Waals surface area contributed by atoms with Crippen LogP contribution in [0.5, 0.6) is 0 Å². The maximum Gasteiger partial charge on any atom is 0.335 e. The summed E-state index contributed by atoms with van der Waals surface area (Å²) >= 11 is 0. The normalized spacial score (nSPS) is 11.4. The average Bonchev–Trinajstić information content (AvgIpc) is 2.80. The molecule has 0 unspecified atom stereocenters. The van der Waals surface area contributed by atoms with Crippen LogP contribution in [-0.2, 0) is 16.4 Å². The standard InChI is InChI=1S/C17H20N2O5S/c1-5-19-10(2)6-15(11(19)3)16(20)18-13-7-12(17(21)22)8-14(9-13)25(4,23)24/h6-9H,5H2,1-4H3,(H,18,20)(H,21,22). The summed E-state index contributed by atoms with van der Waals surface area (Å²) in [5.41, 5.74) is 2.08. The fraction of sp³-hybridized carbons (Fsp3) is 0.294. The van der Waals surface area contributed by atoms with Gasteiger partial charge in [0.2, 0.25) is 0 Å². The zero-order chi connectivity index (χ0) is 18.9. The lowest BCUT2D eigenvalue weighted by molar-refractivity contribution is 0.0696. The van der Waals surface area contributed by atoms with Crippen molar-refractivity contribution >= 4 is 27.4 Å². The molecule has 134 valence electrons. The number of aromatic carboxylic acids is 1. The van der Waals surface area contributed by atoms with Gasteiger partial charge >= 0.3 is 5.97 Å². The molecular formula is C17H20N2O5S. The molecule has 1 aromatic carbocycles. The van der Waals surface area contributed by atoms with Gasteiger partial charge < -0.3 is 15.0 Å². The van der Waals surface area contributed by atoms with E-state index in [0.29, 0.717) is 5.56 Å². The molecule has 0 spiro atoms. The summed E-state index contributed by atoms with van der Waals surface area (Å²) in [6.07, 6.45) is 0.981. The minimum atomic E-state index is -3.62. The average molecular weight is 364 g/mol. The first kappa shape index (κ1) is 18.7. The van der Waals surface area contributed by atoms with Gasteiger partial charge in [-0.1, -0.05) is 0 Å². The second-order valence-electron chi connectivity index (χ2n) is 5.81. The second-order valence-corrected chi connectivity index (χ2v) is 7.82. The Morgan fingerprint density at radius 2 is 1.80 bits per heavy atom. The molecule has 0 saturated heterocycles. The summed E-state index contributed by atoms with van der Waals surface area (Å²) in [4.78, 5) is 23.6. The molecule has 0 radical (unpaired) electrons. The van der Waals surface area contributed by atoms with Crippen molar-refractivity contribution in [2.45, 2.75) is 32.2 Å². The highest BCUT2D eigenvalue weighted by molar-refractivity contribution is 7.90. The van der Waals surface area contributed by atoms with Crippen LogP contribution >= 0.6 is 0 Å². The molecule has 0 aliphatic carbocycles. The summed E-state index contributed by atoms with van der Waals surface area (Å²) in [6.45, 7) is 6.40. The molecular weight excluding hydrogens is 344 g/mol. The lowest BCUT2D eigenvalue weighted by atomic mass is 10.2. The summed E-state index contributed by atoms with van der Waals surface area (Å²) in [5.74, 6) is -1.69. The maximum absolute atomic E-state index is 12.5. The van der Waals surface area contributed by atoms with Gasteiger partial charge in [-0.25, -0.2) is 13.2 Å². The first-order valence-corrected chi connectivity index (χ1v) is 9.50. The Balaban J connectivity index is 2.44. The SMILES string of the molecule is CCn1c(C)cc(C(=O)Nc2cc(C(=O)O)cc(S(C)(=O)=O)c2)c1C. The van der Waals surface area contributed by atoms with E-state index in [2.05, 4.69) is 5.32 Å². The van der Waals surface area contributed by atoms with Crippen molar-refractivity contribution in [1.29, 1.82) is 0 Å². The van der Waals surface area contributed by atoms with E-state index >= 15 is 0 Å². The molecule has 1 aromatic heterocycles. The van der Waals surface area contributed by atoms with Gasteiger partial charge in [-0.15, -0.1) is 0 Å². The van der Waals surface area contributed by atoms with Crippen LogP contribution in [0.25, 0.3) is 0 Å². The number of carboxylic acid groups (broad SMARTS) is 1. The van der Waals surface area contributed by atoms with Gasteiger partial charge in [-0.05, 0) is 45.0 Å². The van der Waals surface area contributed by atoms with Crippen molar-refractivity contribution in [3.05, 3.63) is 46.8 Å². The van der Waals surface area contributed by atoms with Crippen LogP contribution in [0.15, 0.2) is 29.2 Å². The number of aryl methyl sites for hydroxylation is 1. The third kappa shape index (κ3) is 3.90. The number of nitrogens with one attached hydrogen (secondary N) is 1. The smallest absolute Gasteiger partial charge is 0.335 e. The largest absolute Gasteiger partial charge is 0.478 e. The summed E-state index contributed by atoms with van der Waals surface area (Å²) in [6, 6.07) is 5.29. The Kier molecular flexibility index (Phi) is 5.03. The van der Waals surface area contributed by atoms with Gasteiger partial charge in [-0.2, -0.15) is 0 Å². The van der Waals surface area contributed by atoms with Gasteiger partial charge in [-0.3, -0.25) is 4.79 Å². The molecule has 0 bridgehead atoms. The number of carboxylic acids is 1. The highest BCUT2D eigenvalue weighted by Crippen LogP contribution is 2.22. The van der Waals surface area contributed by atoms with Crippen LogP contribution in [0, 0.1) is 13.8 Å². The van der Waals surface area contributed by atoms with Gasteiger partial charge in [0.05, 0.1) is 16.0 Å². The Morgan fingerprint density at radius 1 is 1.16 bits per heavy atom. The molecule has 0 fully saturated rings. The predicted octanol–water partition coefficient (Wildman–Crippen LogP) is 2.48. The first-order chi connectivity index (χ1) is 11.5. The number of sulfone groups is 1. The number of hydrogen-bond donors (Lipinski definition) is 2. The molecule has 7 nitrogen and oxygen atoms in total. The monoisotopic (exact) mass is 364 g/mol. The number of hydrogen-bond acceptors (Lipinski definition) is 4. The van der Waals surface area contributed by atoms with E-state index in [9.17, 15) is 18.0 Å². The Labute approximate surface area is 146 Å². The van der Waals surface area contributed by atoms with Crippen molar-refractivity contribution in [2.24, 2.45) is 0 Å². The molecule has 25 heavy (non-hydrogen) atoms. The lowest BCUT2D eigenvalue weighted by Gasteiger charge is -2.09. The lowest BCUT2D eigenvalue weighted by Crippen LogP contribution is -2.14. The van der Waals surface area contributed by atoms with E-state index in [1.807, 2.05) is 25.3 Å². The van der Waals surface area contributed by atoms with Crippen LogP contribution in [0.2, 0.25) is 0 Å². The molecule has 0 aliphatic rings. The molecule has 8 heteroatoms. The van der Waals surface area contributed by atoms with Gasteiger partial charge in [0, 0.05) is 29.9 Å². The summed E-state index contributed by atoms with van der Waals surface area (Å²) in [5, 5.41) is 11.7. The third-order valence-corrected chi connectivity index (χ3v) is 5.07. The zero-order valence-corrected chi connectivity index (χ0v) is 15.3. The van der Waals surface area contributed by atoms with Crippen LogP contribution in [-0.4, -0.2) is 36.2 Å². The van der Waals surface area contributed by atoms with Crippen molar-refractivity contribution in [1.82, 2.24) is 4.57 Å². The molecule has 1 heterocycles. The van der Waals surface area contributed by atoms with E-state index in [4.69, 9.17) is 5.11 Å². The number of rotatable bonds is 5.